The summed E-state index contributed by atoms with van der Waals surface area (Å²) in [6.45, 7) is 14.8. The van der Waals surface area contributed by atoms with Crippen LogP contribution >= 0.6 is 0 Å². The molecule has 2 heterocycles. The van der Waals surface area contributed by atoms with Crippen molar-refractivity contribution in [3.05, 3.63) is 95.3 Å². The molecule has 2 N–H and O–H groups in total. The fraction of sp³-hybridized carbons (Fsp3) is 0.459. The molecule has 1 aliphatic rings. The van der Waals surface area contributed by atoms with Gasteiger partial charge in [0.1, 0.15) is 0 Å². The largest absolute Gasteiger partial charge is 0.490 e. The van der Waals surface area contributed by atoms with Gasteiger partial charge in [0, 0.05) is 54.9 Å². The number of alkyl halides is 3. The third kappa shape index (κ3) is 11.8. The van der Waals surface area contributed by atoms with E-state index in [2.05, 4.69) is 62.0 Å². The van der Waals surface area contributed by atoms with Crippen LogP contribution in [0.4, 0.5) is 18.9 Å². The number of amides is 2. The maximum Gasteiger partial charge on any atom is 0.490 e. The van der Waals surface area contributed by atoms with Gasteiger partial charge in [0.2, 0.25) is 0 Å². The Morgan fingerprint density at radius 2 is 1.58 bits per heavy atom. The molecule has 0 aliphatic carbocycles. The molecule has 11 heteroatoms. The molecule has 1 aromatic heterocycles. The van der Waals surface area contributed by atoms with Gasteiger partial charge in [-0.3, -0.25) is 14.6 Å². The first-order chi connectivity index (χ1) is 22.6. The minimum absolute atomic E-state index is 0.0581. The van der Waals surface area contributed by atoms with Gasteiger partial charge in [-0.2, -0.15) is 13.2 Å². The highest BCUT2D eigenvalue weighted by molar-refractivity contribution is 6.04. The summed E-state index contributed by atoms with van der Waals surface area (Å²) < 4.78 is 31.7. The highest BCUT2D eigenvalue weighted by Gasteiger charge is 2.38. The molecule has 1 saturated heterocycles. The number of likely N-dealkylation sites (tertiary alicyclic amines) is 1. The van der Waals surface area contributed by atoms with Crippen LogP contribution in [0.15, 0.2) is 73.1 Å². The van der Waals surface area contributed by atoms with E-state index in [-0.39, 0.29) is 17.2 Å². The fourth-order valence-electron chi connectivity index (χ4n) is 5.68. The number of nitrogens with zero attached hydrogens (tertiary/aromatic N) is 3. The minimum Gasteiger partial charge on any atom is -0.475 e. The third-order valence-corrected chi connectivity index (χ3v) is 8.43. The number of piperidine rings is 1. The second-order valence-corrected chi connectivity index (χ2v) is 13.3. The average Bonchev–Trinajstić information content (AvgIpc) is 3.04. The fourth-order valence-corrected chi connectivity index (χ4v) is 5.68. The van der Waals surface area contributed by atoms with E-state index in [1.165, 1.54) is 11.1 Å². The molecule has 0 radical (unpaired) electrons. The second-order valence-electron chi connectivity index (χ2n) is 13.3. The molecule has 4 rings (SSSR count). The van der Waals surface area contributed by atoms with Gasteiger partial charge in [-0.05, 0) is 98.0 Å². The summed E-state index contributed by atoms with van der Waals surface area (Å²) in [6.07, 6.45) is 2.36. The molecule has 0 saturated carbocycles. The van der Waals surface area contributed by atoms with Gasteiger partial charge in [0.05, 0.1) is 0 Å². The molecule has 3 aromatic rings. The van der Waals surface area contributed by atoms with Gasteiger partial charge < -0.3 is 20.2 Å². The number of aromatic nitrogens is 1. The maximum absolute atomic E-state index is 12.9. The number of carboxylic acids is 1. The lowest BCUT2D eigenvalue weighted by Crippen LogP contribution is -2.44. The first-order valence-electron chi connectivity index (χ1n) is 16.3. The van der Waals surface area contributed by atoms with Crippen molar-refractivity contribution in [1.82, 2.24) is 14.8 Å². The highest BCUT2D eigenvalue weighted by Crippen LogP contribution is 2.24. The van der Waals surface area contributed by atoms with E-state index in [9.17, 15) is 22.8 Å². The number of anilines is 1. The molecule has 0 bridgehead atoms. The van der Waals surface area contributed by atoms with Crippen molar-refractivity contribution in [2.45, 2.75) is 77.9 Å². The Balaban J connectivity index is 0.000000804. The molecule has 1 fully saturated rings. The molecule has 2 amide bonds. The van der Waals surface area contributed by atoms with Crippen molar-refractivity contribution in [3.63, 3.8) is 0 Å². The zero-order chi connectivity index (χ0) is 35.5. The molecule has 8 nitrogen and oxygen atoms in total. The zero-order valence-electron chi connectivity index (χ0n) is 28.4. The smallest absolute Gasteiger partial charge is 0.475 e. The number of aliphatic carboxylic acids is 1. The Morgan fingerprint density at radius 1 is 0.979 bits per heavy atom. The van der Waals surface area contributed by atoms with Crippen LogP contribution in [0.5, 0.6) is 0 Å². The van der Waals surface area contributed by atoms with Gasteiger partial charge >= 0.3 is 12.1 Å². The Bertz CT molecular complexity index is 1480. The van der Waals surface area contributed by atoms with Crippen LogP contribution < -0.4 is 5.32 Å². The average molecular weight is 669 g/mol. The first-order valence-corrected chi connectivity index (χ1v) is 16.3. The van der Waals surface area contributed by atoms with Crippen molar-refractivity contribution in [3.8, 4) is 0 Å². The van der Waals surface area contributed by atoms with Gasteiger partial charge in [0.15, 0.2) is 0 Å². The predicted molar refractivity (Wildman–Crippen MR) is 181 cm³/mol. The van der Waals surface area contributed by atoms with Crippen LogP contribution in [-0.2, 0) is 16.6 Å². The molecule has 2 aromatic carbocycles. The van der Waals surface area contributed by atoms with Crippen molar-refractivity contribution in [2.75, 3.05) is 31.5 Å². The van der Waals surface area contributed by atoms with E-state index >= 15 is 0 Å². The third-order valence-electron chi connectivity index (χ3n) is 8.43. The summed E-state index contributed by atoms with van der Waals surface area (Å²) in [5.41, 5.74) is 4.70. The molecule has 0 spiro atoms. The topological polar surface area (TPSA) is 103 Å². The second kappa shape index (κ2) is 17.2. The van der Waals surface area contributed by atoms with Gasteiger partial charge in [-0.1, -0.05) is 52.0 Å². The van der Waals surface area contributed by atoms with E-state index in [0.29, 0.717) is 17.5 Å². The van der Waals surface area contributed by atoms with Gasteiger partial charge in [-0.25, -0.2) is 4.79 Å². The number of carboxylic acid groups (broad SMARTS) is 1. The Kier molecular flexibility index (Phi) is 13.7. The highest BCUT2D eigenvalue weighted by atomic mass is 19.4. The summed E-state index contributed by atoms with van der Waals surface area (Å²) in [5.74, 6) is -2.15. The monoisotopic (exact) mass is 668 g/mol. The quantitative estimate of drug-likeness (QED) is 0.233. The van der Waals surface area contributed by atoms with E-state index in [1.54, 1.807) is 24.5 Å². The SMILES string of the molecule is CCCN(CC1CCN(C(=O)c2ccncc2)CC1)C(C)Cc1cccc(NC(=O)c2ccc(C(C)(C)C)cc2)c1.O=C(O)C(F)(F)F. The van der Waals surface area contributed by atoms with Crippen LogP contribution in [0.1, 0.15) is 85.7 Å². The molecule has 1 aliphatic heterocycles. The first kappa shape index (κ1) is 38.2. The van der Waals surface area contributed by atoms with E-state index < -0.39 is 12.1 Å². The zero-order valence-corrected chi connectivity index (χ0v) is 28.4. The number of nitrogens with one attached hydrogen (secondary N) is 1. The lowest BCUT2D eigenvalue weighted by Gasteiger charge is -2.37. The van der Waals surface area contributed by atoms with Crippen LogP contribution in [0.2, 0.25) is 0 Å². The van der Waals surface area contributed by atoms with E-state index in [0.717, 1.165) is 63.1 Å². The van der Waals surface area contributed by atoms with Gasteiger partial charge in [0.25, 0.3) is 11.8 Å². The molecule has 1 unspecified atom stereocenters. The molecular weight excluding hydrogens is 621 g/mol. The molecule has 1 atom stereocenters. The summed E-state index contributed by atoms with van der Waals surface area (Å²) in [6, 6.07) is 20.1. The number of halogens is 3. The van der Waals surface area contributed by atoms with Gasteiger partial charge in [-0.15, -0.1) is 0 Å². The lowest BCUT2D eigenvalue weighted by molar-refractivity contribution is -0.192. The molecule has 48 heavy (non-hydrogen) atoms. The normalized spacial score (nSPS) is 14.6. The van der Waals surface area contributed by atoms with E-state index in [1.807, 2.05) is 41.3 Å². The summed E-state index contributed by atoms with van der Waals surface area (Å²) in [5, 5.41) is 10.2. The maximum atomic E-state index is 12.9. The Labute approximate surface area is 281 Å². The van der Waals surface area contributed by atoms with E-state index in [4.69, 9.17) is 9.90 Å². The lowest BCUT2D eigenvalue weighted by atomic mass is 9.87. The number of carbonyl (C=O) groups excluding carboxylic acids is 2. The number of rotatable bonds is 10. The number of hydrogen-bond donors (Lipinski definition) is 2. The van der Waals surface area contributed by atoms with Crippen molar-refractivity contribution < 1.29 is 32.7 Å². The summed E-state index contributed by atoms with van der Waals surface area (Å²) >= 11 is 0. The number of carbonyl (C=O) groups is 3. The number of hydrogen-bond acceptors (Lipinski definition) is 5. The Morgan fingerprint density at radius 3 is 2.12 bits per heavy atom. The van der Waals surface area contributed by atoms with Crippen LogP contribution in [0.25, 0.3) is 0 Å². The number of pyridine rings is 1. The minimum atomic E-state index is -5.08. The van der Waals surface area contributed by atoms with Crippen molar-refractivity contribution in [2.24, 2.45) is 5.92 Å². The van der Waals surface area contributed by atoms with Crippen molar-refractivity contribution >= 4 is 23.5 Å². The summed E-state index contributed by atoms with van der Waals surface area (Å²) in [7, 11) is 0. The van der Waals surface area contributed by atoms with Crippen LogP contribution in [0.3, 0.4) is 0 Å². The van der Waals surface area contributed by atoms with Crippen LogP contribution in [0, 0.1) is 5.92 Å². The predicted octanol–water partition coefficient (Wildman–Crippen LogP) is 7.46. The summed E-state index contributed by atoms with van der Waals surface area (Å²) in [4.78, 5) is 43.3. The standard InChI is InChI=1S/C35H46N4O2.C2HF3O2/c1-6-20-39(25-27-16-21-38(22-17-27)34(41)30-14-18-36-19-15-30)26(2)23-28-8-7-9-32(24-28)37-33(40)29-10-12-31(13-11-29)35(3,4)5;3-2(4,5)1(6)7/h7-15,18-19,24,26-27H,6,16-17,20-23,25H2,1-5H3,(H,37,40);(H,6,7). The number of benzene rings is 2. The molecule has 260 valence electrons. The van der Waals surface area contributed by atoms with Crippen molar-refractivity contribution in [1.29, 1.82) is 0 Å². The molecular formula is C37H47F3N4O4. The Hall–Kier alpha value is -4.25. The van der Waals surface area contributed by atoms with Crippen LogP contribution in [-0.4, -0.2) is 76.1 Å².